The maximum atomic E-state index is 12.9. The Bertz CT molecular complexity index is 643. The Morgan fingerprint density at radius 2 is 1.80 bits per heavy atom. The van der Waals surface area contributed by atoms with E-state index < -0.39 is 0 Å². The molecule has 0 unspecified atom stereocenters. The van der Waals surface area contributed by atoms with Gasteiger partial charge in [0, 0.05) is 18.4 Å². The summed E-state index contributed by atoms with van der Waals surface area (Å²) in [7, 11) is 0. The molecule has 0 spiro atoms. The van der Waals surface area contributed by atoms with E-state index in [0.29, 0.717) is 24.7 Å². The van der Waals surface area contributed by atoms with Crippen LogP contribution in [0.15, 0.2) is 4.52 Å². The first-order chi connectivity index (χ1) is 12.0. The fourth-order valence-corrected chi connectivity index (χ4v) is 6.20. The van der Waals surface area contributed by atoms with Crippen LogP contribution < -0.4 is 11.1 Å². The molecule has 1 aromatic rings. The van der Waals surface area contributed by atoms with Crippen LogP contribution in [0.2, 0.25) is 0 Å². The molecule has 6 heteroatoms. The fraction of sp³-hybridized carbons (Fsp3) is 0.842. The fourth-order valence-electron chi connectivity index (χ4n) is 6.20. The zero-order valence-electron chi connectivity index (χ0n) is 14.8. The molecule has 1 aromatic heterocycles. The summed E-state index contributed by atoms with van der Waals surface area (Å²) >= 11 is 0. The van der Waals surface area contributed by atoms with Gasteiger partial charge in [-0.25, -0.2) is 0 Å². The second-order valence-electron chi connectivity index (χ2n) is 9.23. The minimum absolute atomic E-state index is 0.0813. The number of aromatic nitrogens is 2. The average Bonchev–Trinajstić information content (AvgIpc) is 3.00. The second-order valence-corrected chi connectivity index (χ2v) is 9.23. The van der Waals surface area contributed by atoms with E-state index in [-0.39, 0.29) is 16.9 Å². The molecule has 5 aliphatic rings. The maximum absolute atomic E-state index is 12.9. The lowest BCUT2D eigenvalue weighted by molar-refractivity contribution is -0.146. The lowest BCUT2D eigenvalue weighted by atomic mass is 9.49. The van der Waals surface area contributed by atoms with Gasteiger partial charge in [0.05, 0.1) is 5.54 Å². The van der Waals surface area contributed by atoms with Crippen molar-refractivity contribution < 1.29 is 9.32 Å². The van der Waals surface area contributed by atoms with E-state index in [0.717, 1.165) is 56.3 Å². The summed E-state index contributed by atoms with van der Waals surface area (Å²) in [6.07, 6.45) is 10.9. The molecular weight excluding hydrogens is 316 g/mol. The molecule has 0 atom stereocenters. The Kier molecular flexibility index (Phi) is 3.50. The first-order valence-electron chi connectivity index (χ1n) is 9.95. The standard InChI is InChI=1S/C19H28N4O2/c20-19(3-1-4-19)16-22-15(25-23-16)2-5-21-17(24)18-9-12-6-13(10-18)8-14(7-12)11-18/h12-14H,1-11,20H2,(H,21,24). The van der Waals surface area contributed by atoms with Gasteiger partial charge in [-0.1, -0.05) is 5.16 Å². The van der Waals surface area contributed by atoms with Gasteiger partial charge in [-0.3, -0.25) is 4.79 Å². The first-order valence-corrected chi connectivity index (χ1v) is 9.95. The van der Waals surface area contributed by atoms with Crippen LogP contribution in [0.25, 0.3) is 0 Å². The highest BCUT2D eigenvalue weighted by Gasteiger charge is 2.54. The van der Waals surface area contributed by atoms with Crippen LogP contribution in [0.1, 0.15) is 69.5 Å². The van der Waals surface area contributed by atoms with Crippen molar-refractivity contribution in [1.82, 2.24) is 15.5 Å². The minimum atomic E-state index is -0.385. The third kappa shape index (κ3) is 2.60. The highest BCUT2D eigenvalue weighted by molar-refractivity contribution is 5.83. The van der Waals surface area contributed by atoms with Crippen molar-refractivity contribution in [1.29, 1.82) is 0 Å². The van der Waals surface area contributed by atoms with Gasteiger partial charge in [0.2, 0.25) is 11.8 Å². The van der Waals surface area contributed by atoms with Crippen molar-refractivity contribution in [2.24, 2.45) is 28.9 Å². The number of nitrogens with two attached hydrogens (primary N) is 1. The van der Waals surface area contributed by atoms with E-state index >= 15 is 0 Å². The topological polar surface area (TPSA) is 94.0 Å². The number of hydrogen-bond donors (Lipinski definition) is 2. The highest BCUT2D eigenvalue weighted by atomic mass is 16.5. The Labute approximate surface area is 148 Å². The largest absolute Gasteiger partial charge is 0.355 e. The molecule has 6 rings (SSSR count). The molecule has 1 heterocycles. The number of hydrogen-bond acceptors (Lipinski definition) is 5. The molecule has 0 radical (unpaired) electrons. The van der Waals surface area contributed by atoms with Crippen LogP contribution in [0.3, 0.4) is 0 Å². The summed E-state index contributed by atoms with van der Waals surface area (Å²) < 4.78 is 5.33. The number of nitrogens with one attached hydrogen (secondary N) is 1. The number of rotatable bonds is 5. The number of nitrogens with zero attached hydrogens (tertiary/aromatic N) is 2. The molecule has 5 saturated carbocycles. The molecule has 0 saturated heterocycles. The zero-order chi connectivity index (χ0) is 17.1. The van der Waals surface area contributed by atoms with Crippen molar-refractivity contribution in [3.05, 3.63) is 11.7 Å². The lowest BCUT2D eigenvalue weighted by Gasteiger charge is -2.55. The molecule has 0 aromatic carbocycles. The molecule has 5 aliphatic carbocycles. The van der Waals surface area contributed by atoms with Gasteiger partial charge in [0.1, 0.15) is 0 Å². The number of amides is 1. The summed E-state index contributed by atoms with van der Waals surface area (Å²) in [5.41, 5.74) is 5.76. The summed E-state index contributed by atoms with van der Waals surface area (Å²) in [6.45, 7) is 0.569. The maximum Gasteiger partial charge on any atom is 0.228 e. The number of carbonyl (C=O) groups is 1. The third-order valence-corrected chi connectivity index (χ3v) is 7.30. The Balaban J connectivity index is 1.17. The zero-order valence-corrected chi connectivity index (χ0v) is 14.8. The molecule has 25 heavy (non-hydrogen) atoms. The average molecular weight is 344 g/mol. The van der Waals surface area contributed by atoms with E-state index in [4.69, 9.17) is 10.3 Å². The van der Waals surface area contributed by atoms with E-state index in [1.165, 1.54) is 19.3 Å². The Morgan fingerprint density at radius 1 is 1.16 bits per heavy atom. The van der Waals surface area contributed by atoms with E-state index in [9.17, 15) is 4.79 Å². The first kappa shape index (κ1) is 15.8. The van der Waals surface area contributed by atoms with Crippen molar-refractivity contribution in [2.45, 2.75) is 69.7 Å². The summed E-state index contributed by atoms with van der Waals surface area (Å²) in [5, 5.41) is 7.20. The Morgan fingerprint density at radius 3 is 2.36 bits per heavy atom. The SMILES string of the molecule is NC1(c2noc(CCNC(=O)C34CC5CC(CC(C5)C3)C4)n2)CCC1. The quantitative estimate of drug-likeness (QED) is 0.854. The van der Waals surface area contributed by atoms with Crippen molar-refractivity contribution in [3.8, 4) is 0 Å². The second kappa shape index (κ2) is 5.53. The summed E-state index contributed by atoms with van der Waals surface area (Å²) in [5.74, 6) is 3.84. The molecule has 0 aliphatic heterocycles. The van der Waals surface area contributed by atoms with Gasteiger partial charge >= 0.3 is 0 Å². The molecule has 3 N–H and O–H groups in total. The Hall–Kier alpha value is -1.43. The van der Waals surface area contributed by atoms with E-state index in [1.54, 1.807) is 0 Å². The van der Waals surface area contributed by atoms with Crippen molar-refractivity contribution in [2.75, 3.05) is 6.54 Å². The lowest BCUT2D eigenvalue weighted by Crippen LogP contribution is -2.53. The molecule has 1 amide bonds. The smallest absolute Gasteiger partial charge is 0.228 e. The van der Waals surface area contributed by atoms with Crippen LogP contribution in [0.4, 0.5) is 0 Å². The van der Waals surface area contributed by atoms with Gasteiger partial charge in [0.15, 0.2) is 5.82 Å². The van der Waals surface area contributed by atoms with Gasteiger partial charge in [-0.2, -0.15) is 4.98 Å². The van der Waals surface area contributed by atoms with E-state index in [1.807, 2.05) is 0 Å². The van der Waals surface area contributed by atoms with Crippen LogP contribution in [-0.4, -0.2) is 22.6 Å². The predicted octanol–water partition coefficient (Wildman–Crippen LogP) is 2.28. The predicted molar refractivity (Wildman–Crippen MR) is 91.3 cm³/mol. The normalized spacial score (nSPS) is 37.7. The summed E-state index contributed by atoms with van der Waals surface area (Å²) in [4.78, 5) is 17.3. The van der Waals surface area contributed by atoms with Gasteiger partial charge in [-0.15, -0.1) is 0 Å². The van der Waals surface area contributed by atoms with E-state index in [2.05, 4.69) is 15.5 Å². The minimum Gasteiger partial charge on any atom is -0.355 e. The molecule has 5 fully saturated rings. The molecule has 136 valence electrons. The van der Waals surface area contributed by atoms with Crippen LogP contribution in [-0.2, 0) is 16.8 Å². The van der Waals surface area contributed by atoms with Crippen molar-refractivity contribution in [3.63, 3.8) is 0 Å². The molecular formula is C19H28N4O2. The van der Waals surface area contributed by atoms with Crippen molar-refractivity contribution >= 4 is 5.91 Å². The van der Waals surface area contributed by atoms with Gasteiger partial charge < -0.3 is 15.6 Å². The molecule has 6 nitrogen and oxygen atoms in total. The molecule has 4 bridgehead atoms. The van der Waals surface area contributed by atoms with Gasteiger partial charge in [0.25, 0.3) is 0 Å². The third-order valence-electron chi connectivity index (χ3n) is 7.30. The van der Waals surface area contributed by atoms with Crippen LogP contribution >= 0.6 is 0 Å². The monoisotopic (exact) mass is 344 g/mol. The van der Waals surface area contributed by atoms with Gasteiger partial charge in [-0.05, 0) is 75.5 Å². The number of carbonyl (C=O) groups excluding carboxylic acids is 1. The summed E-state index contributed by atoms with van der Waals surface area (Å²) in [6, 6.07) is 0. The van der Waals surface area contributed by atoms with Crippen LogP contribution in [0.5, 0.6) is 0 Å². The highest BCUT2D eigenvalue weighted by Crippen LogP contribution is 2.60. The van der Waals surface area contributed by atoms with Crippen LogP contribution in [0, 0.1) is 23.2 Å².